The molecule has 7 nitrogen and oxygen atoms in total. The van der Waals surface area contributed by atoms with Crippen LogP contribution in [0.3, 0.4) is 0 Å². The third-order valence-corrected chi connectivity index (χ3v) is 5.37. The van der Waals surface area contributed by atoms with Crippen molar-refractivity contribution in [1.29, 1.82) is 0 Å². The van der Waals surface area contributed by atoms with Crippen molar-refractivity contribution in [3.63, 3.8) is 0 Å². The maximum absolute atomic E-state index is 12.7. The van der Waals surface area contributed by atoms with Crippen molar-refractivity contribution in [3.05, 3.63) is 57.0 Å². The molecule has 0 saturated carbocycles. The number of thiazole rings is 1. The number of hydrogen-bond acceptors (Lipinski definition) is 7. The van der Waals surface area contributed by atoms with Gasteiger partial charge >= 0.3 is 0 Å². The van der Waals surface area contributed by atoms with Crippen LogP contribution in [0.1, 0.15) is 31.7 Å². The summed E-state index contributed by atoms with van der Waals surface area (Å²) in [5, 5.41) is 4.26. The zero-order valence-electron chi connectivity index (χ0n) is 16.3. The molecule has 0 bridgehead atoms. The summed E-state index contributed by atoms with van der Waals surface area (Å²) in [5.41, 5.74) is 0.629. The van der Waals surface area contributed by atoms with Gasteiger partial charge in [-0.05, 0) is 42.3 Å². The predicted molar refractivity (Wildman–Crippen MR) is 112 cm³/mol. The van der Waals surface area contributed by atoms with E-state index < -0.39 is 0 Å². The Labute approximate surface area is 171 Å². The molecule has 0 amide bonds. The van der Waals surface area contributed by atoms with Gasteiger partial charge in [-0.1, -0.05) is 37.2 Å². The zero-order valence-corrected chi connectivity index (χ0v) is 17.1. The van der Waals surface area contributed by atoms with Gasteiger partial charge in [-0.3, -0.25) is 4.79 Å². The van der Waals surface area contributed by atoms with Crippen LogP contribution in [-0.4, -0.2) is 28.3 Å². The van der Waals surface area contributed by atoms with Gasteiger partial charge in [-0.25, -0.2) is 0 Å². The van der Waals surface area contributed by atoms with Crippen LogP contribution in [-0.2, 0) is 0 Å². The minimum Gasteiger partial charge on any atom is -0.493 e. The van der Waals surface area contributed by atoms with Crippen LogP contribution in [0.25, 0.3) is 22.6 Å². The van der Waals surface area contributed by atoms with E-state index >= 15 is 0 Å². The summed E-state index contributed by atoms with van der Waals surface area (Å²) in [6, 6.07) is 9.15. The summed E-state index contributed by atoms with van der Waals surface area (Å²) in [6.45, 7) is 2.81. The Hall–Kier alpha value is -3.13. The lowest BCUT2D eigenvalue weighted by Gasteiger charge is -2.11. The number of benzene rings is 1. The molecule has 8 heteroatoms. The van der Waals surface area contributed by atoms with Crippen molar-refractivity contribution in [2.24, 2.45) is 0 Å². The molecule has 0 aliphatic carbocycles. The average molecular weight is 411 g/mol. The molecule has 3 heterocycles. The summed E-state index contributed by atoms with van der Waals surface area (Å²) >= 11 is 1.28. The molecule has 0 unspecified atom stereocenters. The third kappa shape index (κ3) is 4.02. The maximum Gasteiger partial charge on any atom is 0.291 e. The van der Waals surface area contributed by atoms with E-state index in [9.17, 15) is 4.79 Å². The fraction of sp³-hybridized carbons (Fsp3) is 0.286. The van der Waals surface area contributed by atoms with Crippen LogP contribution in [0.2, 0.25) is 0 Å². The summed E-state index contributed by atoms with van der Waals surface area (Å²) in [7, 11) is 1.61. The first-order chi connectivity index (χ1) is 14.2. The molecular weight excluding hydrogens is 390 g/mol. The number of aromatic nitrogens is 3. The molecule has 0 saturated heterocycles. The minimum absolute atomic E-state index is 0.214. The van der Waals surface area contributed by atoms with Crippen molar-refractivity contribution in [2.75, 3.05) is 13.7 Å². The van der Waals surface area contributed by atoms with Gasteiger partial charge in [-0.2, -0.15) is 9.50 Å². The first kappa shape index (κ1) is 19.2. The van der Waals surface area contributed by atoms with E-state index in [1.54, 1.807) is 31.6 Å². The Morgan fingerprint density at radius 1 is 1.24 bits per heavy atom. The highest BCUT2D eigenvalue weighted by Gasteiger charge is 2.13. The van der Waals surface area contributed by atoms with Crippen LogP contribution >= 0.6 is 11.3 Å². The molecule has 0 atom stereocenters. The number of methoxy groups -OCH3 is 1. The number of fused-ring (bicyclic) bond motifs is 1. The summed E-state index contributed by atoms with van der Waals surface area (Å²) in [6.07, 6.45) is 6.64. The van der Waals surface area contributed by atoms with E-state index in [0.717, 1.165) is 24.8 Å². The van der Waals surface area contributed by atoms with Crippen molar-refractivity contribution in [2.45, 2.75) is 26.2 Å². The largest absolute Gasteiger partial charge is 0.493 e. The number of furan rings is 1. The van der Waals surface area contributed by atoms with Gasteiger partial charge in [0.05, 0.1) is 24.5 Å². The standard InChI is InChI=1S/C21H21N3O4S/c1-3-4-5-10-27-15-9-8-14(12-17(15)26-2)13-18-20(25)24-21(29-18)22-19(23-24)16-7-6-11-28-16/h6-9,11-13H,3-5,10H2,1-2H3/b18-13+. The number of rotatable bonds is 8. The number of hydrogen-bond donors (Lipinski definition) is 0. The van der Waals surface area contributed by atoms with Crippen LogP contribution < -0.4 is 19.6 Å². The van der Waals surface area contributed by atoms with Crippen LogP contribution in [0.5, 0.6) is 11.5 Å². The van der Waals surface area contributed by atoms with Gasteiger partial charge in [0, 0.05) is 0 Å². The van der Waals surface area contributed by atoms with Gasteiger partial charge in [-0.15, -0.1) is 5.10 Å². The monoisotopic (exact) mass is 411 g/mol. The van der Waals surface area contributed by atoms with Gasteiger partial charge in [0.1, 0.15) is 0 Å². The van der Waals surface area contributed by atoms with E-state index in [1.165, 1.54) is 15.9 Å². The van der Waals surface area contributed by atoms with E-state index in [0.29, 0.717) is 39.2 Å². The van der Waals surface area contributed by atoms with E-state index in [2.05, 4.69) is 17.0 Å². The SMILES string of the molecule is CCCCCOc1ccc(/C=c2/sc3nc(-c4ccco4)nn3c2=O)cc1OC. The van der Waals surface area contributed by atoms with Gasteiger partial charge in [0.15, 0.2) is 17.3 Å². The van der Waals surface area contributed by atoms with Gasteiger partial charge in [0.2, 0.25) is 10.8 Å². The Balaban J connectivity index is 1.61. The molecule has 4 rings (SSSR count). The Bertz CT molecular complexity index is 1210. The molecule has 0 aliphatic heterocycles. The quantitative estimate of drug-likeness (QED) is 0.413. The van der Waals surface area contributed by atoms with E-state index in [4.69, 9.17) is 13.9 Å². The van der Waals surface area contributed by atoms with Gasteiger partial charge < -0.3 is 13.9 Å². The summed E-state index contributed by atoms with van der Waals surface area (Å²) < 4.78 is 18.4. The van der Waals surface area contributed by atoms with Gasteiger partial charge in [0.25, 0.3) is 5.56 Å². The first-order valence-corrected chi connectivity index (χ1v) is 10.3. The molecule has 29 heavy (non-hydrogen) atoms. The van der Waals surface area contributed by atoms with E-state index in [1.807, 2.05) is 18.2 Å². The first-order valence-electron chi connectivity index (χ1n) is 9.45. The second kappa shape index (κ2) is 8.48. The molecule has 0 fully saturated rings. The number of ether oxygens (including phenoxy) is 2. The number of unbranched alkanes of at least 4 members (excludes halogenated alkanes) is 2. The number of nitrogens with zero attached hydrogens (tertiary/aromatic N) is 3. The normalized spacial score (nSPS) is 12.0. The van der Waals surface area contributed by atoms with Crippen molar-refractivity contribution < 1.29 is 13.9 Å². The third-order valence-electron chi connectivity index (χ3n) is 4.41. The van der Waals surface area contributed by atoms with Crippen molar-refractivity contribution in [3.8, 4) is 23.1 Å². The second-order valence-corrected chi connectivity index (χ2v) is 7.50. The lowest BCUT2D eigenvalue weighted by atomic mass is 10.2. The molecule has 0 N–H and O–H groups in total. The molecule has 0 aliphatic rings. The van der Waals surface area contributed by atoms with E-state index in [-0.39, 0.29) is 5.56 Å². The molecule has 1 aromatic carbocycles. The smallest absolute Gasteiger partial charge is 0.291 e. The lowest BCUT2D eigenvalue weighted by Crippen LogP contribution is -2.23. The topological polar surface area (TPSA) is 78.9 Å². The van der Waals surface area contributed by atoms with Crippen molar-refractivity contribution >= 4 is 22.4 Å². The molecule has 0 radical (unpaired) electrons. The predicted octanol–water partition coefficient (Wildman–Crippen LogP) is 3.54. The highest BCUT2D eigenvalue weighted by atomic mass is 32.1. The maximum atomic E-state index is 12.7. The Morgan fingerprint density at radius 3 is 2.86 bits per heavy atom. The highest BCUT2D eigenvalue weighted by molar-refractivity contribution is 7.15. The highest BCUT2D eigenvalue weighted by Crippen LogP contribution is 2.28. The molecule has 150 valence electrons. The molecule has 0 spiro atoms. The van der Waals surface area contributed by atoms with Crippen LogP contribution in [0, 0.1) is 0 Å². The molecule has 4 aromatic rings. The average Bonchev–Trinajstić information content (AvgIpc) is 3.45. The summed E-state index contributed by atoms with van der Waals surface area (Å²) in [5.74, 6) is 2.28. The van der Waals surface area contributed by atoms with Crippen LogP contribution in [0.15, 0.2) is 45.8 Å². The van der Waals surface area contributed by atoms with Crippen molar-refractivity contribution in [1.82, 2.24) is 14.6 Å². The minimum atomic E-state index is -0.214. The summed E-state index contributed by atoms with van der Waals surface area (Å²) in [4.78, 5) is 17.6. The fourth-order valence-corrected chi connectivity index (χ4v) is 3.83. The fourth-order valence-electron chi connectivity index (χ4n) is 2.92. The molecular formula is C21H21N3O4S. The Kier molecular flexibility index (Phi) is 5.62. The second-order valence-electron chi connectivity index (χ2n) is 6.49. The lowest BCUT2D eigenvalue weighted by molar-refractivity contribution is 0.286. The van der Waals surface area contributed by atoms with Crippen LogP contribution in [0.4, 0.5) is 0 Å². The molecule has 3 aromatic heterocycles. The Morgan fingerprint density at radius 2 is 2.14 bits per heavy atom. The zero-order chi connectivity index (χ0) is 20.2.